The van der Waals surface area contributed by atoms with Gasteiger partial charge in [0.1, 0.15) is 5.65 Å². The van der Waals surface area contributed by atoms with Crippen LogP contribution in [0.4, 0.5) is 5.69 Å². The summed E-state index contributed by atoms with van der Waals surface area (Å²) >= 11 is 0. The van der Waals surface area contributed by atoms with Crippen molar-refractivity contribution < 1.29 is 20.1 Å². The van der Waals surface area contributed by atoms with Gasteiger partial charge in [0.25, 0.3) is 0 Å². The summed E-state index contributed by atoms with van der Waals surface area (Å²) in [4.78, 5) is 17.8. The second-order valence-electron chi connectivity index (χ2n) is 8.89. The molecule has 2 aromatic heterocycles. The predicted octanol–water partition coefficient (Wildman–Crippen LogP) is 3.07. The highest BCUT2D eigenvalue weighted by Gasteiger charge is 2.25. The first kappa shape index (κ1) is 23.2. The van der Waals surface area contributed by atoms with Gasteiger partial charge in [-0.2, -0.15) is 4.98 Å². The van der Waals surface area contributed by atoms with Gasteiger partial charge in [0.05, 0.1) is 42.4 Å². The first-order valence-electron chi connectivity index (χ1n) is 11.3. The number of ether oxygens (including phenoxy) is 1. The van der Waals surface area contributed by atoms with E-state index in [4.69, 9.17) is 4.74 Å². The number of anilines is 1. The van der Waals surface area contributed by atoms with Gasteiger partial charge in [-0.05, 0) is 42.4 Å². The van der Waals surface area contributed by atoms with Crippen LogP contribution < -0.4 is 15.5 Å². The normalized spacial score (nSPS) is 16.8. The molecular formula is C25H31N3O5. The largest absolute Gasteiger partial charge is 0.479 e. The number of aliphatic hydroxyl groups excluding tert-OH is 2. The molecule has 1 aliphatic rings. The summed E-state index contributed by atoms with van der Waals surface area (Å²) in [5, 5.41) is 33.4. The van der Waals surface area contributed by atoms with E-state index >= 15 is 0 Å². The lowest BCUT2D eigenvalue weighted by atomic mass is 9.87. The van der Waals surface area contributed by atoms with Crippen molar-refractivity contribution >= 4 is 16.7 Å². The minimum absolute atomic E-state index is 0.00808. The quantitative estimate of drug-likeness (QED) is 0.406. The molecule has 33 heavy (non-hydrogen) atoms. The average Bonchev–Trinajstić information content (AvgIpc) is 2.80. The molecule has 8 nitrogen and oxygen atoms in total. The molecule has 0 saturated carbocycles. The fourth-order valence-electron chi connectivity index (χ4n) is 4.68. The van der Waals surface area contributed by atoms with Gasteiger partial charge in [-0.15, -0.1) is 0 Å². The third-order valence-electron chi connectivity index (χ3n) is 6.48. The van der Waals surface area contributed by atoms with E-state index in [1.54, 1.807) is 10.6 Å². The number of methoxy groups -OCH3 is 1. The molecule has 1 unspecified atom stereocenters. The van der Waals surface area contributed by atoms with Gasteiger partial charge >= 0.3 is 0 Å². The molecule has 3 aromatic rings. The highest BCUT2D eigenvalue weighted by molar-refractivity contribution is 5.82. The van der Waals surface area contributed by atoms with E-state index in [0.29, 0.717) is 17.2 Å². The lowest BCUT2D eigenvalue weighted by Crippen LogP contribution is -2.26. The molecule has 176 valence electrons. The summed E-state index contributed by atoms with van der Waals surface area (Å²) in [5.41, 5.74) is 2.71. The van der Waals surface area contributed by atoms with Crippen molar-refractivity contribution in [3.05, 3.63) is 63.4 Å². The number of nitrogens with zero attached hydrogens (tertiary/aromatic N) is 2. The van der Waals surface area contributed by atoms with E-state index in [-0.39, 0.29) is 29.5 Å². The van der Waals surface area contributed by atoms with E-state index in [2.05, 4.69) is 22.4 Å². The monoisotopic (exact) mass is 453 g/mol. The van der Waals surface area contributed by atoms with E-state index in [9.17, 15) is 20.1 Å². The number of fused-ring (bicyclic) bond motifs is 2. The Morgan fingerprint density at radius 3 is 2.70 bits per heavy atom. The maximum Gasteiger partial charge on any atom is 0.239 e. The van der Waals surface area contributed by atoms with Crippen molar-refractivity contribution in [2.45, 2.75) is 51.5 Å². The molecule has 1 aromatic carbocycles. The van der Waals surface area contributed by atoms with E-state index in [0.717, 1.165) is 19.3 Å². The molecule has 2 atom stereocenters. The third kappa shape index (κ3) is 4.34. The van der Waals surface area contributed by atoms with Crippen LogP contribution in [0.2, 0.25) is 0 Å². The fourth-order valence-corrected chi connectivity index (χ4v) is 4.68. The first-order valence-corrected chi connectivity index (χ1v) is 11.3. The molecular weight excluding hydrogens is 422 g/mol. The molecule has 1 aliphatic carbocycles. The Bertz CT molecular complexity index is 1200. The van der Waals surface area contributed by atoms with Crippen molar-refractivity contribution in [3.63, 3.8) is 0 Å². The number of hydrogen-bond donors (Lipinski definition) is 4. The van der Waals surface area contributed by atoms with Crippen molar-refractivity contribution in [1.29, 1.82) is 0 Å². The van der Waals surface area contributed by atoms with Crippen LogP contribution in [0.5, 0.6) is 5.88 Å². The standard InChI is InChI=1S/C25H31N3O5/c1-14(2)21(13-29)28-12-18(25(31)32)22(30)17-11-20(24(33-3)27-23(17)28)26-19-10-6-8-15-7-4-5-9-16(15)19/h4-5,7,9,11-12,14,19,21,25-26,29,31-32H,6,8,10,13H2,1-3H3/t19?,21-/m1/s1. The molecule has 0 amide bonds. The molecule has 0 aliphatic heterocycles. The SMILES string of the molecule is COc1nc2c(cc1NC1CCCc3ccccc31)c(=O)c(C(O)O)cn2[C@H](CO)C(C)C. The zero-order valence-corrected chi connectivity index (χ0v) is 19.2. The van der Waals surface area contributed by atoms with Crippen LogP contribution in [0.3, 0.4) is 0 Å². The van der Waals surface area contributed by atoms with Crippen molar-refractivity contribution in [1.82, 2.24) is 9.55 Å². The second kappa shape index (κ2) is 9.51. The van der Waals surface area contributed by atoms with Crippen LogP contribution in [0.25, 0.3) is 11.0 Å². The lowest BCUT2D eigenvalue weighted by molar-refractivity contribution is -0.0437. The first-order chi connectivity index (χ1) is 15.8. The van der Waals surface area contributed by atoms with Gasteiger partial charge in [0.15, 0.2) is 11.7 Å². The summed E-state index contributed by atoms with van der Waals surface area (Å²) in [6, 6.07) is 9.59. The summed E-state index contributed by atoms with van der Waals surface area (Å²) < 4.78 is 7.22. The van der Waals surface area contributed by atoms with Crippen molar-refractivity contribution in [2.24, 2.45) is 5.92 Å². The molecule has 8 heteroatoms. The smallest absolute Gasteiger partial charge is 0.239 e. The third-order valence-corrected chi connectivity index (χ3v) is 6.48. The molecule has 0 spiro atoms. The predicted molar refractivity (Wildman–Crippen MR) is 126 cm³/mol. The summed E-state index contributed by atoms with van der Waals surface area (Å²) in [6.07, 6.45) is 2.42. The zero-order chi connectivity index (χ0) is 23.7. The van der Waals surface area contributed by atoms with Crippen LogP contribution in [0.15, 0.2) is 41.3 Å². The topological polar surface area (TPSA) is 117 Å². The molecule has 2 heterocycles. The number of hydrogen-bond acceptors (Lipinski definition) is 7. The molecule has 0 bridgehead atoms. The summed E-state index contributed by atoms with van der Waals surface area (Å²) in [5.74, 6) is 0.338. The van der Waals surface area contributed by atoms with Gasteiger partial charge in [0, 0.05) is 6.20 Å². The Hall–Kier alpha value is -2.94. The maximum absolute atomic E-state index is 13.1. The Morgan fingerprint density at radius 2 is 2.03 bits per heavy atom. The molecule has 4 rings (SSSR count). The summed E-state index contributed by atoms with van der Waals surface area (Å²) in [6.45, 7) is 3.68. The highest BCUT2D eigenvalue weighted by Crippen LogP contribution is 2.36. The Balaban J connectivity index is 1.89. The van der Waals surface area contributed by atoms with Crippen LogP contribution in [-0.4, -0.2) is 38.6 Å². The van der Waals surface area contributed by atoms with Crippen LogP contribution in [0.1, 0.15) is 61.8 Å². The van der Waals surface area contributed by atoms with Crippen LogP contribution >= 0.6 is 0 Å². The average molecular weight is 454 g/mol. The number of aryl methyl sites for hydroxylation is 1. The van der Waals surface area contributed by atoms with Gasteiger partial charge in [-0.25, -0.2) is 0 Å². The van der Waals surface area contributed by atoms with Gasteiger partial charge in [-0.1, -0.05) is 38.1 Å². The van der Waals surface area contributed by atoms with E-state index in [1.807, 2.05) is 26.0 Å². The Labute approximate surface area is 192 Å². The van der Waals surface area contributed by atoms with Crippen molar-refractivity contribution in [2.75, 3.05) is 19.0 Å². The van der Waals surface area contributed by atoms with Crippen LogP contribution in [-0.2, 0) is 6.42 Å². The van der Waals surface area contributed by atoms with Crippen LogP contribution in [0, 0.1) is 5.92 Å². The van der Waals surface area contributed by atoms with Gasteiger partial charge in [-0.3, -0.25) is 4.79 Å². The van der Waals surface area contributed by atoms with Gasteiger partial charge in [0.2, 0.25) is 5.88 Å². The molecule has 0 radical (unpaired) electrons. The number of aliphatic hydroxyl groups is 3. The van der Waals surface area contributed by atoms with E-state index < -0.39 is 17.8 Å². The minimum atomic E-state index is -1.94. The summed E-state index contributed by atoms with van der Waals surface area (Å²) in [7, 11) is 1.52. The van der Waals surface area contributed by atoms with Crippen molar-refractivity contribution in [3.8, 4) is 5.88 Å². The number of aromatic nitrogens is 2. The molecule has 4 N–H and O–H groups in total. The Morgan fingerprint density at radius 1 is 1.27 bits per heavy atom. The fraction of sp³-hybridized carbons (Fsp3) is 0.440. The second-order valence-corrected chi connectivity index (χ2v) is 8.89. The minimum Gasteiger partial charge on any atom is -0.479 e. The van der Waals surface area contributed by atoms with E-state index in [1.165, 1.54) is 24.4 Å². The molecule has 0 saturated heterocycles. The number of pyridine rings is 2. The highest BCUT2D eigenvalue weighted by atomic mass is 16.5. The number of nitrogens with one attached hydrogen (secondary N) is 1. The number of benzene rings is 1. The lowest BCUT2D eigenvalue weighted by Gasteiger charge is -2.28. The zero-order valence-electron chi connectivity index (χ0n) is 19.2. The van der Waals surface area contributed by atoms with Gasteiger partial charge < -0.3 is 29.9 Å². The Kier molecular flexibility index (Phi) is 6.69. The molecule has 0 fully saturated rings. The maximum atomic E-state index is 13.1. The number of rotatable bonds is 7.